The normalized spacial score (nSPS) is 10.7. The van der Waals surface area contributed by atoms with E-state index in [1.54, 1.807) is 13.4 Å². The molecule has 0 unspecified atom stereocenters. The van der Waals surface area contributed by atoms with Gasteiger partial charge in [-0.2, -0.15) is 0 Å². The van der Waals surface area contributed by atoms with Gasteiger partial charge in [-0.15, -0.1) is 0 Å². The zero-order chi connectivity index (χ0) is 15.2. The Bertz CT molecular complexity index is 588. The number of carbonyl (C=O) groups is 1. The van der Waals surface area contributed by atoms with E-state index >= 15 is 0 Å². The van der Waals surface area contributed by atoms with Gasteiger partial charge in [0.25, 0.3) is 0 Å². The number of methoxy groups -OCH3 is 1. The van der Waals surface area contributed by atoms with Crippen LogP contribution < -0.4 is 10.1 Å². The molecule has 4 heteroatoms. The molecule has 0 aliphatic rings. The zero-order valence-electron chi connectivity index (χ0n) is 12.7. The Kier molecular flexibility index (Phi) is 5.04. The summed E-state index contributed by atoms with van der Waals surface area (Å²) >= 11 is 0. The van der Waals surface area contributed by atoms with Gasteiger partial charge in [-0.05, 0) is 36.2 Å². The summed E-state index contributed by atoms with van der Waals surface area (Å²) < 4.78 is 10.6. The summed E-state index contributed by atoms with van der Waals surface area (Å²) in [4.78, 5) is 12.2. The lowest BCUT2D eigenvalue weighted by molar-refractivity contribution is 0.0968. The quantitative estimate of drug-likeness (QED) is 0.778. The number of rotatable bonds is 7. The fourth-order valence-electron chi connectivity index (χ4n) is 2.10. The summed E-state index contributed by atoms with van der Waals surface area (Å²) in [6.45, 7) is 4.63. The number of anilines is 1. The van der Waals surface area contributed by atoms with E-state index in [2.05, 4.69) is 5.32 Å². The van der Waals surface area contributed by atoms with Crippen molar-refractivity contribution >= 4 is 11.5 Å². The Morgan fingerprint density at radius 3 is 2.76 bits per heavy atom. The smallest absolute Gasteiger partial charge is 0.163 e. The Morgan fingerprint density at radius 2 is 2.14 bits per heavy atom. The summed E-state index contributed by atoms with van der Waals surface area (Å²) in [5.74, 6) is 2.03. The van der Waals surface area contributed by atoms with Gasteiger partial charge in [-0.1, -0.05) is 13.8 Å². The number of carbonyl (C=O) groups excluding carboxylic acids is 1. The van der Waals surface area contributed by atoms with Gasteiger partial charge in [0.15, 0.2) is 5.78 Å². The lowest BCUT2D eigenvalue weighted by atomic mass is 10.0. The maximum atomic E-state index is 12.2. The molecular weight excluding hydrogens is 266 g/mol. The molecule has 1 aromatic heterocycles. The van der Waals surface area contributed by atoms with E-state index < -0.39 is 0 Å². The molecule has 2 aromatic rings. The first kappa shape index (κ1) is 15.2. The average molecular weight is 287 g/mol. The van der Waals surface area contributed by atoms with E-state index in [-0.39, 0.29) is 5.78 Å². The standard InChI is InChI=1S/C17H21NO3/c1-12(2)9-16(19)13-6-7-17(20-3)15(10-13)18-11-14-5-4-8-21-14/h4-8,10,12,18H,9,11H2,1-3H3. The van der Waals surface area contributed by atoms with Crippen LogP contribution in [-0.4, -0.2) is 12.9 Å². The summed E-state index contributed by atoms with van der Waals surface area (Å²) in [5, 5.41) is 3.24. The monoisotopic (exact) mass is 287 g/mol. The Labute approximate surface area is 125 Å². The second-order valence-corrected chi connectivity index (χ2v) is 5.37. The first-order valence-electron chi connectivity index (χ1n) is 7.07. The van der Waals surface area contributed by atoms with Crippen molar-refractivity contribution in [3.05, 3.63) is 47.9 Å². The molecule has 1 aromatic carbocycles. The number of furan rings is 1. The van der Waals surface area contributed by atoms with Gasteiger partial charge in [0.05, 0.1) is 25.6 Å². The average Bonchev–Trinajstić information content (AvgIpc) is 2.97. The molecule has 4 nitrogen and oxygen atoms in total. The number of benzene rings is 1. The predicted octanol–water partition coefficient (Wildman–Crippen LogP) is 4.13. The first-order valence-corrected chi connectivity index (χ1v) is 7.07. The summed E-state index contributed by atoms with van der Waals surface area (Å²) in [6, 6.07) is 9.20. The molecule has 0 aliphatic carbocycles. The molecule has 0 saturated heterocycles. The topological polar surface area (TPSA) is 51.5 Å². The van der Waals surface area contributed by atoms with Gasteiger partial charge in [0.1, 0.15) is 11.5 Å². The predicted molar refractivity (Wildman–Crippen MR) is 82.8 cm³/mol. The third kappa shape index (κ3) is 4.12. The second kappa shape index (κ2) is 6.97. The highest BCUT2D eigenvalue weighted by Crippen LogP contribution is 2.27. The maximum Gasteiger partial charge on any atom is 0.163 e. The molecule has 0 amide bonds. The van der Waals surface area contributed by atoms with Crippen LogP contribution >= 0.6 is 0 Å². The molecule has 0 saturated carbocycles. The first-order chi connectivity index (χ1) is 10.1. The van der Waals surface area contributed by atoms with Crippen molar-refractivity contribution in [1.29, 1.82) is 0 Å². The lowest BCUT2D eigenvalue weighted by Crippen LogP contribution is -2.06. The highest BCUT2D eigenvalue weighted by Gasteiger charge is 2.12. The second-order valence-electron chi connectivity index (χ2n) is 5.37. The van der Waals surface area contributed by atoms with Crippen LogP contribution in [0, 0.1) is 5.92 Å². The minimum Gasteiger partial charge on any atom is -0.495 e. The number of hydrogen-bond acceptors (Lipinski definition) is 4. The Hall–Kier alpha value is -2.23. The van der Waals surface area contributed by atoms with E-state index in [0.29, 0.717) is 30.2 Å². The number of Topliss-reactive ketones (excluding diaryl/α,β-unsaturated/α-hetero) is 1. The van der Waals surface area contributed by atoms with Crippen LogP contribution in [0.2, 0.25) is 0 Å². The van der Waals surface area contributed by atoms with E-state index in [1.165, 1.54) is 0 Å². The summed E-state index contributed by atoms with van der Waals surface area (Å²) in [5.41, 5.74) is 1.50. The lowest BCUT2D eigenvalue weighted by Gasteiger charge is -2.12. The molecular formula is C17H21NO3. The zero-order valence-corrected chi connectivity index (χ0v) is 12.7. The van der Waals surface area contributed by atoms with Crippen LogP contribution in [0.1, 0.15) is 36.4 Å². The summed E-state index contributed by atoms with van der Waals surface area (Å²) in [7, 11) is 1.61. The molecule has 0 bridgehead atoms. The molecule has 1 heterocycles. The highest BCUT2D eigenvalue weighted by atomic mass is 16.5. The molecule has 0 fully saturated rings. The van der Waals surface area contributed by atoms with E-state index in [4.69, 9.17) is 9.15 Å². The van der Waals surface area contributed by atoms with Crippen LogP contribution in [0.4, 0.5) is 5.69 Å². The van der Waals surface area contributed by atoms with Crippen LogP contribution in [0.3, 0.4) is 0 Å². The molecule has 2 rings (SSSR count). The van der Waals surface area contributed by atoms with Gasteiger partial charge < -0.3 is 14.5 Å². The van der Waals surface area contributed by atoms with E-state index in [0.717, 1.165) is 11.4 Å². The van der Waals surface area contributed by atoms with E-state index in [9.17, 15) is 4.79 Å². The minimum atomic E-state index is 0.147. The van der Waals surface area contributed by atoms with Gasteiger partial charge in [-0.25, -0.2) is 0 Å². The fraction of sp³-hybridized carbons (Fsp3) is 0.353. The molecule has 0 aliphatic heterocycles. The fourth-order valence-corrected chi connectivity index (χ4v) is 2.10. The Balaban J connectivity index is 2.15. The van der Waals surface area contributed by atoms with Crippen molar-refractivity contribution in [3.63, 3.8) is 0 Å². The summed E-state index contributed by atoms with van der Waals surface area (Å²) in [6.07, 6.45) is 2.18. The Morgan fingerprint density at radius 1 is 1.33 bits per heavy atom. The SMILES string of the molecule is COc1ccc(C(=O)CC(C)C)cc1NCc1ccco1. The van der Waals surface area contributed by atoms with Crippen LogP contribution in [0.25, 0.3) is 0 Å². The number of nitrogens with one attached hydrogen (secondary N) is 1. The van der Waals surface area contributed by atoms with Crippen molar-refractivity contribution in [2.45, 2.75) is 26.8 Å². The van der Waals surface area contributed by atoms with Crippen LogP contribution in [0.15, 0.2) is 41.0 Å². The van der Waals surface area contributed by atoms with Crippen LogP contribution in [-0.2, 0) is 6.54 Å². The van der Waals surface area contributed by atoms with Crippen molar-refractivity contribution in [3.8, 4) is 5.75 Å². The largest absolute Gasteiger partial charge is 0.495 e. The number of ether oxygens (including phenoxy) is 1. The van der Waals surface area contributed by atoms with E-state index in [1.807, 2.05) is 44.2 Å². The molecule has 0 atom stereocenters. The van der Waals surface area contributed by atoms with Gasteiger partial charge >= 0.3 is 0 Å². The number of hydrogen-bond donors (Lipinski definition) is 1. The molecule has 0 spiro atoms. The third-order valence-corrected chi connectivity index (χ3v) is 3.15. The van der Waals surface area contributed by atoms with Crippen molar-refractivity contribution in [2.24, 2.45) is 5.92 Å². The molecule has 0 radical (unpaired) electrons. The molecule has 21 heavy (non-hydrogen) atoms. The van der Waals surface area contributed by atoms with Crippen LogP contribution in [0.5, 0.6) is 5.75 Å². The third-order valence-electron chi connectivity index (χ3n) is 3.15. The van der Waals surface area contributed by atoms with Gasteiger partial charge in [-0.3, -0.25) is 4.79 Å². The highest BCUT2D eigenvalue weighted by molar-refractivity contribution is 5.97. The van der Waals surface area contributed by atoms with Crippen molar-refractivity contribution in [2.75, 3.05) is 12.4 Å². The maximum absolute atomic E-state index is 12.2. The van der Waals surface area contributed by atoms with Crippen molar-refractivity contribution < 1.29 is 13.9 Å². The van der Waals surface area contributed by atoms with Gasteiger partial charge in [0, 0.05) is 12.0 Å². The number of ketones is 1. The van der Waals surface area contributed by atoms with Gasteiger partial charge in [0.2, 0.25) is 0 Å². The minimum absolute atomic E-state index is 0.147. The molecule has 112 valence electrons. The molecule has 1 N–H and O–H groups in total. The van der Waals surface area contributed by atoms with Crippen molar-refractivity contribution in [1.82, 2.24) is 0 Å².